The van der Waals surface area contributed by atoms with Gasteiger partial charge in [0.15, 0.2) is 0 Å². The molecule has 1 aliphatic carbocycles. The van der Waals surface area contributed by atoms with E-state index in [0.717, 1.165) is 23.4 Å². The molecule has 1 amide bonds. The standard InChI is InChI=1S/C22H29N3O2/c1-27-21-11-7-6-8-17(21)12-13-24-22(26)18-14-20(16-23-15-18)25-19-9-4-2-3-5-10-19/h6-8,11,14-16,19,25H,2-5,9-10,12-13H2,1H3,(H,24,26). The van der Waals surface area contributed by atoms with Crippen molar-refractivity contribution in [1.29, 1.82) is 0 Å². The molecule has 144 valence electrons. The van der Waals surface area contributed by atoms with Crippen LogP contribution in [0.25, 0.3) is 0 Å². The lowest BCUT2D eigenvalue weighted by Crippen LogP contribution is -2.26. The minimum Gasteiger partial charge on any atom is -0.496 e. The summed E-state index contributed by atoms with van der Waals surface area (Å²) in [5.41, 5.74) is 2.61. The van der Waals surface area contributed by atoms with Crippen LogP contribution >= 0.6 is 0 Å². The summed E-state index contributed by atoms with van der Waals surface area (Å²) < 4.78 is 5.35. The van der Waals surface area contributed by atoms with Gasteiger partial charge in [0.1, 0.15) is 5.75 Å². The van der Waals surface area contributed by atoms with E-state index in [1.807, 2.05) is 30.3 Å². The Labute approximate surface area is 161 Å². The van der Waals surface area contributed by atoms with Gasteiger partial charge in [-0.2, -0.15) is 0 Å². The predicted octanol–water partition coefficient (Wildman–Crippen LogP) is 4.20. The molecular formula is C22H29N3O2. The number of carbonyl (C=O) groups excluding carboxylic acids is 1. The van der Waals surface area contributed by atoms with Crippen molar-refractivity contribution in [2.45, 2.75) is 51.0 Å². The van der Waals surface area contributed by atoms with Gasteiger partial charge in [-0.25, -0.2) is 0 Å². The molecule has 0 radical (unpaired) electrons. The van der Waals surface area contributed by atoms with Gasteiger partial charge >= 0.3 is 0 Å². The van der Waals surface area contributed by atoms with Gasteiger partial charge in [0, 0.05) is 25.0 Å². The molecule has 2 aromatic rings. The van der Waals surface area contributed by atoms with E-state index in [2.05, 4.69) is 15.6 Å². The van der Waals surface area contributed by atoms with Crippen molar-refractivity contribution in [3.8, 4) is 5.75 Å². The van der Waals surface area contributed by atoms with Gasteiger partial charge in [0.2, 0.25) is 0 Å². The van der Waals surface area contributed by atoms with Gasteiger partial charge in [-0.05, 0) is 37.0 Å². The summed E-state index contributed by atoms with van der Waals surface area (Å²) in [5.74, 6) is 0.755. The summed E-state index contributed by atoms with van der Waals surface area (Å²) in [6.07, 6.45) is 11.7. The number of para-hydroxylation sites is 1. The highest BCUT2D eigenvalue weighted by Crippen LogP contribution is 2.21. The number of pyridine rings is 1. The van der Waals surface area contributed by atoms with Crippen LogP contribution in [0.2, 0.25) is 0 Å². The summed E-state index contributed by atoms with van der Waals surface area (Å²) in [5, 5.41) is 6.53. The molecule has 1 saturated carbocycles. The Bertz CT molecular complexity index is 740. The van der Waals surface area contributed by atoms with Crippen molar-refractivity contribution >= 4 is 11.6 Å². The van der Waals surface area contributed by atoms with Gasteiger partial charge < -0.3 is 15.4 Å². The van der Waals surface area contributed by atoms with E-state index in [9.17, 15) is 4.79 Å². The lowest BCUT2D eigenvalue weighted by molar-refractivity contribution is 0.0953. The van der Waals surface area contributed by atoms with Crippen LogP contribution in [0.15, 0.2) is 42.7 Å². The first kappa shape index (κ1) is 19.2. The highest BCUT2D eigenvalue weighted by atomic mass is 16.5. The maximum atomic E-state index is 12.5. The summed E-state index contributed by atoms with van der Waals surface area (Å²) in [6.45, 7) is 0.555. The number of nitrogens with one attached hydrogen (secondary N) is 2. The normalized spacial score (nSPS) is 15.0. The van der Waals surface area contributed by atoms with E-state index in [1.165, 1.54) is 38.5 Å². The minimum absolute atomic E-state index is 0.0954. The molecule has 1 aromatic heterocycles. The highest BCUT2D eigenvalue weighted by Gasteiger charge is 2.13. The monoisotopic (exact) mass is 367 g/mol. The summed E-state index contributed by atoms with van der Waals surface area (Å²) >= 11 is 0. The van der Waals surface area contributed by atoms with Gasteiger partial charge in [0.05, 0.1) is 18.4 Å². The number of anilines is 1. The van der Waals surface area contributed by atoms with Crippen LogP contribution < -0.4 is 15.4 Å². The van der Waals surface area contributed by atoms with Crippen LogP contribution in [-0.4, -0.2) is 30.6 Å². The van der Waals surface area contributed by atoms with Crippen molar-refractivity contribution in [2.75, 3.05) is 19.0 Å². The second-order valence-electron chi connectivity index (χ2n) is 7.11. The number of ether oxygens (including phenoxy) is 1. The molecule has 0 bridgehead atoms. The number of methoxy groups -OCH3 is 1. The fraction of sp³-hybridized carbons (Fsp3) is 0.455. The van der Waals surface area contributed by atoms with E-state index < -0.39 is 0 Å². The van der Waals surface area contributed by atoms with Crippen LogP contribution in [0.1, 0.15) is 54.4 Å². The van der Waals surface area contributed by atoms with Gasteiger partial charge in [-0.1, -0.05) is 43.9 Å². The zero-order chi connectivity index (χ0) is 18.9. The van der Waals surface area contributed by atoms with Crippen molar-refractivity contribution in [2.24, 2.45) is 0 Å². The van der Waals surface area contributed by atoms with E-state index in [0.29, 0.717) is 18.2 Å². The molecule has 0 aliphatic heterocycles. The van der Waals surface area contributed by atoms with Crippen molar-refractivity contribution in [3.05, 3.63) is 53.9 Å². The second kappa shape index (κ2) is 9.95. The number of rotatable bonds is 7. The summed E-state index contributed by atoms with van der Waals surface area (Å²) in [6, 6.07) is 10.3. The first-order valence-corrected chi connectivity index (χ1v) is 9.88. The van der Waals surface area contributed by atoms with Gasteiger partial charge in [-0.3, -0.25) is 9.78 Å². The molecule has 1 fully saturated rings. The lowest BCUT2D eigenvalue weighted by atomic mass is 10.1. The van der Waals surface area contributed by atoms with Crippen LogP contribution in [0, 0.1) is 0 Å². The smallest absolute Gasteiger partial charge is 0.252 e. The SMILES string of the molecule is COc1ccccc1CCNC(=O)c1cncc(NC2CCCCCC2)c1. The van der Waals surface area contributed by atoms with Crippen LogP contribution in [0.5, 0.6) is 5.75 Å². The Morgan fingerprint density at radius 2 is 1.93 bits per heavy atom. The van der Waals surface area contributed by atoms with Gasteiger partial charge in [-0.15, -0.1) is 0 Å². The molecular weight excluding hydrogens is 338 g/mol. The quantitative estimate of drug-likeness (QED) is 0.720. The molecule has 3 rings (SSSR count). The largest absolute Gasteiger partial charge is 0.496 e. The first-order chi connectivity index (χ1) is 13.3. The molecule has 0 saturated heterocycles. The topological polar surface area (TPSA) is 63.2 Å². The summed E-state index contributed by atoms with van der Waals surface area (Å²) in [7, 11) is 1.66. The lowest BCUT2D eigenvalue weighted by Gasteiger charge is -2.17. The van der Waals surface area contributed by atoms with Crippen LogP contribution in [0.4, 0.5) is 5.69 Å². The first-order valence-electron chi connectivity index (χ1n) is 9.88. The van der Waals surface area contributed by atoms with E-state index in [-0.39, 0.29) is 5.91 Å². The number of aromatic nitrogens is 1. The molecule has 0 unspecified atom stereocenters. The van der Waals surface area contributed by atoms with E-state index in [1.54, 1.807) is 19.5 Å². The molecule has 0 spiro atoms. The molecule has 27 heavy (non-hydrogen) atoms. The number of amides is 1. The summed E-state index contributed by atoms with van der Waals surface area (Å²) in [4.78, 5) is 16.7. The van der Waals surface area contributed by atoms with E-state index >= 15 is 0 Å². The van der Waals surface area contributed by atoms with Crippen LogP contribution in [0.3, 0.4) is 0 Å². The van der Waals surface area contributed by atoms with E-state index in [4.69, 9.17) is 4.74 Å². The number of nitrogens with zero attached hydrogens (tertiary/aromatic N) is 1. The van der Waals surface area contributed by atoms with Crippen molar-refractivity contribution in [1.82, 2.24) is 10.3 Å². The zero-order valence-corrected chi connectivity index (χ0v) is 16.0. The molecule has 1 aromatic carbocycles. The van der Waals surface area contributed by atoms with Crippen LogP contribution in [-0.2, 0) is 6.42 Å². The van der Waals surface area contributed by atoms with Gasteiger partial charge in [0.25, 0.3) is 5.91 Å². The Morgan fingerprint density at radius 3 is 2.70 bits per heavy atom. The molecule has 1 heterocycles. The highest BCUT2D eigenvalue weighted by molar-refractivity contribution is 5.94. The van der Waals surface area contributed by atoms with Crippen molar-refractivity contribution < 1.29 is 9.53 Å². The molecule has 5 nitrogen and oxygen atoms in total. The maximum absolute atomic E-state index is 12.5. The fourth-order valence-corrected chi connectivity index (χ4v) is 3.62. The molecule has 1 aliphatic rings. The fourth-order valence-electron chi connectivity index (χ4n) is 3.62. The number of carbonyl (C=O) groups is 1. The number of benzene rings is 1. The Kier molecular flexibility index (Phi) is 7.08. The number of hydrogen-bond donors (Lipinski definition) is 2. The average Bonchev–Trinajstić information content (AvgIpc) is 2.97. The number of hydrogen-bond acceptors (Lipinski definition) is 4. The molecule has 5 heteroatoms. The Balaban J connectivity index is 1.53. The Hall–Kier alpha value is -2.56. The van der Waals surface area contributed by atoms with Crippen molar-refractivity contribution in [3.63, 3.8) is 0 Å². The Morgan fingerprint density at radius 1 is 1.15 bits per heavy atom. The maximum Gasteiger partial charge on any atom is 0.252 e. The minimum atomic E-state index is -0.0954. The second-order valence-corrected chi connectivity index (χ2v) is 7.11. The molecule has 2 N–H and O–H groups in total. The third-order valence-corrected chi connectivity index (χ3v) is 5.10. The zero-order valence-electron chi connectivity index (χ0n) is 16.0. The third kappa shape index (κ3) is 5.71. The molecule has 0 atom stereocenters. The third-order valence-electron chi connectivity index (χ3n) is 5.10. The predicted molar refractivity (Wildman–Crippen MR) is 108 cm³/mol. The average molecular weight is 367 g/mol.